The average Bonchev–Trinajstić information content (AvgIpc) is 3.47. The SMILES string of the molecule is O=C(COc1ccc([N+](=O)[O-])cc1Cl)N1N=C(c2ccco2)CC1c1cccs1. The lowest BCUT2D eigenvalue weighted by atomic mass is 10.1. The molecule has 0 saturated carbocycles. The Morgan fingerprint density at radius 3 is 2.90 bits per heavy atom. The van der Waals surface area contributed by atoms with Gasteiger partial charge in [-0.25, -0.2) is 5.01 Å². The van der Waals surface area contributed by atoms with Crippen LogP contribution >= 0.6 is 22.9 Å². The van der Waals surface area contributed by atoms with Gasteiger partial charge in [-0.15, -0.1) is 11.3 Å². The second-order valence-electron chi connectivity index (χ2n) is 6.16. The third kappa shape index (κ3) is 4.01. The van der Waals surface area contributed by atoms with Crippen molar-refractivity contribution in [2.45, 2.75) is 12.5 Å². The first kappa shape index (κ1) is 19.2. The predicted octanol–water partition coefficient (Wildman–Crippen LogP) is 4.66. The van der Waals surface area contributed by atoms with Crippen molar-refractivity contribution in [2.75, 3.05) is 6.61 Å². The summed E-state index contributed by atoms with van der Waals surface area (Å²) in [5, 5.41) is 18.6. The van der Waals surface area contributed by atoms with Crippen molar-refractivity contribution in [3.63, 3.8) is 0 Å². The zero-order chi connectivity index (χ0) is 20.4. The lowest BCUT2D eigenvalue weighted by Gasteiger charge is -2.20. The van der Waals surface area contributed by atoms with Crippen molar-refractivity contribution in [1.82, 2.24) is 5.01 Å². The lowest BCUT2D eigenvalue weighted by Crippen LogP contribution is -2.31. The molecule has 8 nitrogen and oxygen atoms in total. The molecular formula is C19H14ClN3O5S. The van der Waals surface area contributed by atoms with Gasteiger partial charge in [0.15, 0.2) is 6.61 Å². The molecule has 0 spiro atoms. The number of thiophene rings is 1. The highest BCUT2D eigenvalue weighted by molar-refractivity contribution is 7.10. The summed E-state index contributed by atoms with van der Waals surface area (Å²) in [6.07, 6.45) is 2.08. The summed E-state index contributed by atoms with van der Waals surface area (Å²) in [6.45, 7) is -0.311. The van der Waals surface area contributed by atoms with Crippen LogP contribution in [0.1, 0.15) is 23.1 Å². The molecule has 1 aliphatic heterocycles. The molecule has 3 heterocycles. The van der Waals surface area contributed by atoms with Crippen LogP contribution in [0.4, 0.5) is 5.69 Å². The molecule has 29 heavy (non-hydrogen) atoms. The number of nitrogens with zero attached hydrogens (tertiary/aromatic N) is 3. The number of hydrogen-bond donors (Lipinski definition) is 0. The minimum Gasteiger partial charge on any atom is -0.482 e. The minimum absolute atomic E-state index is 0.0583. The van der Waals surface area contributed by atoms with E-state index in [4.69, 9.17) is 20.8 Å². The van der Waals surface area contributed by atoms with Crippen molar-refractivity contribution in [3.8, 4) is 5.75 Å². The Labute approximate surface area is 174 Å². The standard InChI is InChI=1S/C19H14ClN3O5S/c20-13-9-12(23(25)26)5-6-16(13)28-11-19(24)22-15(18-4-2-8-29-18)10-14(21-22)17-3-1-7-27-17/h1-9,15H,10-11H2. The summed E-state index contributed by atoms with van der Waals surface area (Å²) in [4.78, 5) is 24.1. The molecule has 0 radical (unpaired) electrons. The van der Waals surface area contributed by atoms with E-state index in [0.29, 0.717) is 17.9 Å². The maximum atomic E-state index is 12.8. The minimum atomic E-state index is -0.554. The Bertz CT molecular complexity index is 1070. The fraction of sp³-hybridized carbons (Fsp3) is 0.158. The molecule has 10 heteroatoms. The Kier molecular flexibility index (Phi) is 5.32. The van der Waals surface area contributed by atoms with Crippen LogP contribution in [0.25, 0.3) is 0 Å². The fourth-order valence-corrected chi connectivity index (χ4v) is 4.00. The number of amides is 1. The number of furan rings is 1. The lowest BCUT2D eigenvalue weighted by molar-refractivity contribution is -0.384. The Morgan fingerprint density at radius 2 is 2.24 bits per heavy atom. The van der Waals surface area contributed by atoms with E-state index >= 15 is 0 Å². The Hall–Kier alpha value is -3.17. The fourth-order valence-electron chi connectivity index (χ4n) is 2.96. The van der Waals surface area contributed by atoms with Gasteiger partial charge in [-0.1, -0.05) is 17.7 Å². The monoisotopic (exact) mass is 431 g/mol. The molecule has 1 aliphatic rings. The summed E-state index contributed by atoms with van der Waals surface area (Å²) in [5.74, 6) is 0.438. The Morgan fingerprint density at radius 1 is 1.38 bits per heavy atom. The van der Waals surface area contributed by atoms with Gasteiger partial charge in [-0.05, 0) is 29.6 Å². The maximum absolute atomic E-state index is 12.8. The number of halogens is 1. The van der Waals surface area contributed by atoms with Crippen molar-refractivity contribution in [1.29, 1.82) is 0 Å². The van der Waals surface area contributed by atoms with E-state index in [0.717, 1.165) is 4.88 Å². The summed E-state index contributed by atoms with van der Waals surface area (Å²) in [7, 11) is 0. The molecule has 0 saturated heterocycles. The van der Waals surface area contributed by atoms with E-state index < -0.39 is 4.92 Å². The number of hydrogen-bond acceptors (Lipinski definition) is 7. The molecule has 1 atom stereocenters. The zero-order valence-corrected chi connectivity index (χ0v) is 16.4. The van der Waals surface area contributed by atoms with Crippen LogP contribution in [-0.4, -0.2) is 28.2 Å². The van der Waals surface area contributed by atoms with E-state index in [-0.39, 0.29) is 35.0 Å². The molecule has 4 rings (SSSR count). The molecule has 0 bridgehead atoms. The van der Waals surface area contributed by atoms with Crippen molar-refractivity contribution >= 4 is 40.2 Å². The molecule has 148 valence electrons. The quantitative estimate of drug-likeness (QED) is 0.417. The van der Waals surface area contributed by atoms with Gasteiger partial charge in [0, 0.05) is 23.4 Å². The van der Waals surface area contributed by atoms with Gasteiger partial charge < -0.3 is 9.15 Å². The van der Waals surface area contributed by atoms with Crippen LogP contribution in [-0.2, 0) is 4.79 Å². The summed E-state index contributed by atoms with van der Waals surface area (Å²) in [5.41, 5.74) is 0.522. The first-order valence-electron chi connectivity index (χ1n) is 8.56. The van der Waals surface area contributed by atoms with Gasteiger partial charge >= 0.3 is 0 Å². The van der Waals surface area contributed by atoms with Crippen LogP contribution in [0.2, 0.25) is 5.02 Å². The molecule has 2 aromatic heterocycles. The number of benzene rings is 1. The second-order valence-corrected chi connectivity index (χ2v) is 7.54. The summed E-state index contributed by atoms with van der Waals surface area (Å²) >= 11 is 7.56. The molecule has 1 amide bonds. The van der Waals surface area contributed by atoms with Gasteiger partial charge in [-0.2, -0.15) is 5.10 Å². The van der Waals surface area contributed by atoms with E-state index in [1.54, 1.807) is 18.4 Å². The van der Waals surface area contributed by atoms with Crippen molar-refractivity contribution in [3.05, 3.63) is 79.9 Å². The van der Waals surface area contributed by atoms with Crippen molar-refractivity contribution < 1.29 is 18.9 Å². The molecule has 0 fully saturated rings. The van der Waals surface area contributed by atoms with Crippen LogP contribution in [0.15, 0.2) is 63.6 Å². The first-order valence-corrected chi connectivity index (χ1v) is 9.82. The molecule has 1 unspecified atom stereocenters. The largest absolute Gasteiger partial charge is 0.482 e. The third-order valence-electron chi connectivity index (χ3n) is 4.32. The summed E-state index contributed by atoms with van der Waals surface area (Å²) < 4.78 is 10.9. The predicted molar refractivity (Wildman–Crippen MR) is 107 cm³/mol. The van der Waals surface area contributed by atoms with Crippen LogP contribution < -0.4 is 4.74 Å². The van der Waals surface area contributed by atoms with Crippen LogP contribution in [0, 0.1) is 10.1 Å². The van der Waals surface area contributed by atoms with Gasteiger partial charge in [0.05, 0.1) is 22.3 Å². The highest BCUT2D eigenvalue weighted by Gasteiger charge is 2.34. The third-order valence-corrected chi connectivity index (χ3v) is 5.59. The smallest absolute Gasteiger partial charge is 0.281 e. The first-order chi connectivity index (χ1) is 14.0. The van der Waals surface area contributed by atoms with Gasteiger partial charge in [0.25, 0.3) is 11.6 Å². The number of nitro groups is 1. The van der Waals surface area contributed by atoms with Gasteiger partial charge in [-0.3, -0.25) is 14.9 Å². The topological polar surface area (TPSA) is 98.2 Å². The molecule has 0 N–H and O–H groups in total. The van der Waals surface area contributed by atoms with Crippen LogP contribution in [0.5, 0.6) is 5.75 Å². The van der Waals surface area contributed by atoms with E-state index in [9.17, 15) is 14.9 Å². The van der Waals surface area contributed by atoms with E-state index in [2.05, 4.69) is 5.10 Å². The molecule has 1 aromatic carbocycles. The van der Waals surface area contributed by atoms with Gasteiger partial charge in [0.1, 0.15) is 17.2 Å². The number of carbonyl (C=O) groups excluding carboxylic acids is 1. The molecule has 0 aliphatic carbocycles. The summed E-state index contributed by atoms with van der Waals surface area (Å²) in [6, 6.07) is 11.0. The maximum Gasteiger partial charge on any atom is 0.281 e. The highest BCUT2D eigenvalue weighted by atomic mass is 35.5. The average molecular weight is 432 g/mol. The zero-order valence-electron chi connectivity index (χ0n) is 14.9. The van der Waals surface area contributed by atoms with Crippen LogP contribution in [0.3, 0.4) is 0 Å². The number of nitro benzene ring substituents is 1. The molecule has 3 aromatic rings. The number of non-ortho nitro benzene ring substituents is 1. The molecular weight excluding hydrogens is 418 g/mol. The van der Waals surface area contributed by atoms with Gasteiger partial charge in [0.2, 0.25) is 0 Å². The van der Waals surface area contributed by atoms with Crippen molar-refractivity contribution in [2.24, 2.45) is 5.10 Å². The number of rotatable bonds is 6. The normalized spacial score (nSPS) is 16.0. The number of ether oxygens (including phenoxy) is 1. The highest BCUT2D eigenvalue weighted by Crippen LogP contribution is 2.35. The Balaban J connectivity index is 1.51. The van der Waals surface area contributed by atoms with E-state index in [1.165, 1.54) is 34.5 Å². The van der Waals surface area contributed by atoms with E-state index in [1.807, 2.05) is 17.5 Å². The number of carbonyl (C=O) groups is 1. The second kappa shape index (κ2) is 8.06. The number of hydrazone groups is 1.